The summed E-state index contributed by atoms with van der Waals surface area (Å²) in [5, 5.41) is 3.15. The van der Waals surface area contributed by atoms with Gasteiger partial charge in [-0.1, -0.05) is 36.8 Å². The number of carbonyl (C=O) groups excluding carboxylic acids is 1. The Morgan fingerprint density at radius 1 is 1.27 bits per heavy atom. The average molecular weight is 296 g/mol. The predicted molar refractivity (Wildman–Crippen MR) is 85.4 cm³/mol. The Kier molecular flexibility index (Phi) is 4.04. The Hall–Kier alpha value is -2.43. The van der Waals surface area contributed by atoms with Crippen LogP contribution in [0.5, 0.6) is 0 Å². The second-order valence-corrected chi connectivity index (χ2v) is 5.77. The van der Waals surface area contributed by atoms with Crippen molar-refractivity contribution in [2.45, 2.75) is 38.1 Å². The minimum absolute atomic E-state index is 0.423. The van der Waals surface area contributed by atoms with Crippen LogP contribution in [0.4, 0.5) is 5.82 Å². The van der Waals surface area contributed by atoms with Crippen LogP contribution in [0.25, 0.3) is 0 Å². The zero-order valence-electron chi connectivity index (χ0n) is 12.6. The molecule has 1 amide bonds. The average Bonchev–Trinajstić information content (AvgIpc) is 2.43. The smallest absolute Gasteiger partial charge is 0.244 e. The highest BCUT2D eigenvalue weighted by Crippen LogP contribution is 2.35. The molecule has 22 heavy (non-hydrogen) atoms. The Bertz CT molecular complexity index is 668. The third kappa shape index (κ3) is 3.08. The van der Waals surface area contributed by atoms with Crippen LogP contribution in [0.2, 0.25) is 0 Å². The van der Waals surface area contributed by atoms with E-state index in [4.69, 9.17) is 5.73 Å². The SMILES string of the molecule is Cc1cc(NC(C(N)=O)c2ccccc2)nc(C2CCC2)n1. The summed E-state index contributed by atoms with van der Waals surface area (Å²) in [5.41, 5.74) is 7.27. The number of carbonyl (C=O) groups is 1. The van der Waals surface area contributed by atoms with E-state index < -0.39 is 11.9 Å². The van der Waals surface area contributed by atoms with Crippen molar-refractivity contribution in [2.75, 3.05) is 5.32 Å². The first-order valence-electron chi connectivity index (χ1n) is 7.60. The molecule has 1 fully saturated rings. The van der Waals surface area contributed by atoms with E-state index >= 15 is 0 Å². The number of primary amides is 1. The van der Waals surface area contributed by atoms with E-state index in [1.54, 1.807) is 0 Å². The number of aryl methyl sites for hydroxylation is 1. The Morgan fingerprint density at radius 2 is 2.00 bits per heavy atom. The molecule has 3 rings (SSSR count). The van der Waals surface area contributed by atoms with Crippen LogP contribution < -0.4 is 11.1 Å². The number of benzene rings is 1. The highest BCUT2D eigenvalue weighted by Gasteiger charge is 2.24. The maximum Gasteiger partial charge on any atom is 0.244 e. The van der Waals surface area contributed by atoms with Crippen molar-refractivity contribution >= 4 is 11.7 Å². The highest BCUT2D eigenvalue weighted by atomic mass is 16.1. The van der Waals surface area contributed by atoms with E-state index in [9.17, 15) is 4.79 Å². The molecule has 1 atom stereocenters. The van der Waals surface area contributed by atoms with E-state index in [0.29, 0.717) is 11.7 Å². The van der Waals surface area contributed by atoms with Crippen molar-refractivity contribution in [3.63, 3.8) is 0 Å². The van der Waals surface area contributed by atoms with Gasteiger partial charge in [-0.3, -0.25) is 4.79 Å². The molecule has 0 bridgehead atoms. The van der Waals surface area contributed by atoms with Gasteiger partial charge in [0, 0.05) is 17.7 Å². The molecule has 0 saturated heterocycles. The Labute approximate surface area is 130 Å². The molecule has 0 aliphatic heterocycles. The standard InChI is InChI=1S/C17H20N4O/c1-11-10-14(21-17(19-11)13-8-5-9-13)20-15(16(18)22)12-6-3-2-4-7-12/h2-4,6-7,10,13,15H,5,8-9H2,1H3,(H2,18,22)(H,19,20,21). The van der Waals surface area contributed by atoms with Gasteiger partial charge in [0.1, 0.15) is 17.7 Å². The number of nitrogens with zero attached hydrogens (tertiary/aromatic N) is 2. The number of amides is 1. The van der Waals surface area contributed by atoms with Crippen molar-refractivity contribution < 1.29 is 4.79 Å². The van der Waals surface area contributed by atoms with Gasteiger partial charge in [-0.25, -0.2) is 9.97 Å². The van der Waals surface area contributed by atoms with Gasteiger partial charge in [-0.15, -0.1) is 0 Å². The third-order valence-corrected chi connectivity index (χ3v) is 4.05. The molecule has 5 nitrogen and oxygen atoms in total. The fourth-order valence-corrected chi connectivity index (χ4v) is 2.63. The fraction of sp³-hybridized carbons (Fsp3) is 0.353. The molecule has 1 aliphatic carbocycles. The molecule has 1 aliphatic rings. The normalized spacial score (nSPS) is 15.9. The van der Waals surface area contributed by atoms with Crippen LogP contribution >= 0.6 is 0 Å². The largest absolute Gasteiger partial charge is 0.368 e. The summed E-state index contributed by atoms with van der Waals surface area (Å²) in [5.74, 6) is 1.55. The second-order valence-electron chi connectivity index (χ2n) is 5.77. The van der Waals surface area contributed by atoms with Gasteiger partial charge in [0.25, 0.3) is 0 Å². The van der Waals surface area contributed by atoms with Gasteiger partial charge in [0.2, 0.25) is 5.91 Å². The van der Waals surface area contributed by atoms with Crippen molar-refractivity contribution in [3.8, 4) is 0 Å². The third-order valence-electron chi connectivity index (χ3n) is 4.05. The molecule has 1 saturated carbocycles. The lowest BCUT2D eigenvalue weighted by Crippen LogP contribution is -2.28. The molecule has 1 aromatic heterocycles. The lowest BCUT2D eigenvalue weighted by molar-refractivity contribution is -0.118. The van der Waals surface area contributed by atoms with Crippen LogP contribution in [0.15, 0.2) is 36.4 Å². The van der Waals surface area contributed by atoms with E-state index in [1.807, 2.05) is 43.3 Å². The molecule has 5 heteroatoms. The summed E-state index contributed by atoms with van der Waals surface area (Å²) in [4.78, 5) is 20.9. The maximum absolute atomic E-state index is 11.8. The molecule has 114 valence electrons. The van der Waals surface area contributed by atoms with E-state index in [0.717, 1.165) is 29.9 Å². The topological polar surface area (TPSA) is 80.9 Å². The Balaban J connectivity index is 1.86. The lowest BCUT2D eigenvalue weighted by Gasteiger charge is -2.25. The van der Waals surface area contributed by atoms with Gasteiger partial charge in [-0.05, 0) is 25.3 Å². The van der Waals surface area contributed by atoms with Gasteiger partial charge in [0.15, 0.2) is 0 Å². The fourth-order valence-electron chi connectivity index (χ4n) is 2.63. The van der Waals surface area contributed by atoms with Crippen molar-refractivity contribution in [1.29, 1.82) is 0 Å². The number of aromatic nitrogens is 2. The van der Waals surface area contributed by atoms with Crippen molar-refractivity contribution in [2.24, 2.45) is 5.73 Å². The molecular weight excluding hydrogens is 276 g/mol. The zero-order chi connectivity index (χ0) is 15.5. The summed E-state index contributed by atoms with van der Waals surface area (Å²) in [6.07, 6.45) is 3.51. The monoisotopic (exact) mass is 296 g/mol. The first kappa shape index (κ1) is 14.5. The lowest BCUT2D eigenvalue weighted by atomic mass is 9.85. The summed E-state index contributed by atoms with van der Waals surface area (Å²) < 4.78 is 0. The first-order chi connectivity index (χ1) is 10.6. The molecule has 1 unspecified atom stereocenters. The van der Waals surface area contributed by atoms with Gasteiger partial charge >= 0.3 is 0 Å². The molecule has 2 aromatic rings. The molecule has 1 aromatic carbocycles. The van der Waals surface area contributed by atoms with E-state index in [1.165, 1.54) is 6.42 Å². The Morgan fingerprint density at radius 3 is 2.59 bits per heavy atom. The first-order valence-corrected chi connectivity index (χ1v) is 7.60. The minimum Gasteiger partial charge on any atom is -0.368 e. The zero-order valence-corrected chi connectivity index (χ0v) is 12.6. The number of nitrogens with one attached hydrogen (secondary N) is 1. The second kappa shape index (κ2) is 6.13. The van der Waals surface area contributed by atoms with Gasteiger partial charge in [-0.2, -0.15) is 0 Å². The molecular formula is C17H20N4O. The number of hydrogen-bond acceptors (Lipinski definition) is 4. The van der Waals surface area contributed by atoms with Gasteiger partial charge < -0.3 is 11.1 Å². The van der Waals surface area contributed by atoms with Crippen LogP contribution in [-0.4, -0.2) is 15.9 Å². The van der Waals surface area contributed by atoms with Crippen LogP contribution in [0, 0.1) is 6.92 Å². The minimum atomic E-state index is -0.593. The summed E-state index contributed by atoms with van der Waals surface area (Å²) in [6.45, 7) is 1.94. The van der Waals surface area contributed by atoms with Gasteiger partial charge in [0.05, 0.1) is 0 Å². The number of rotatable bonds is 5. The molecule has 0 spiro atoms. The number of hydrogen-bond donors (Lipinski definition) is 2. The van der Waals surface area contributed by atoms with Crippen molar-refractivity contribution in [1.82, 2.24) is 9.97 Å². The highest BCUT2D eigenvalue weighted by molar-refractivity contribution is 5.84. The van der Waals surface area contributed by atoms with Crippen LogP contribution in [0.1, 0.15) is 48.3 Å². The summed E-state index contributed by atoms with van der Waals surface area (Å²) in [6, 6.07) is 10.7. The van der Waals surface area contributed by atoms with E-state index in [-0.39, 0.29) is 0 Å². The van der Waals surface area contributed by atoms with Crippen LogP contribution in [0.3, 0.4) is 0 Å². The predicted octanol–water partition coefficient (Wildman–Crippen LogP) is 2.69. The quantitative estimate of drug-likeness (QED) is 0.889. The summed E-state index contributed by atoms with van der Waals surface area (Å²) >= 11 is 0. The summed E-state index contributed by atoms with van der Waals surface area (Å²) in [7, 11) is 0. The van der Waals surface area contributed by atoms with Crippen molar-refractivity contribution in [3.05, 3.63) is 53.5 Å². The maximum atomic E-state index is 11.8. The van der Waals surface area contributed by atoms with E-state index in [2.05, 4.69) is 15.3 Å². The molecule has 3 N–H and O–H groups in total. The molecule has 0 radical (unpaired) electrons. The number of anilines is 1. The number of nitrogens with two attached hydrogens (primary N) is 1. The van der Waals surface area contributed by atoms with Crippen LogP contribution in [-0.2, 0) is 4.79 Å². The molecule has 1 heterocycles.